The van der Waals surface area contributed by atoms with Gasteiger partial charge in [-0.25, -0.2) is 0 Å². The van der Waals surface area contributed by atoms with E-state index in [4.69, 9.17) is 4.74 Å². The summed E-state index contributed by atoms with van der Waals surface area (Å²) in [5.74, 6) is 0. The van der Waals surface area contributed by atoms with Crippen molar-refractivity contribution in [2.24, 2.45) is 0 Å². The zero-order chi connectivity index (χ0) is 8.93. The molecule has 1 atom stereocenters. The molecule has 0 N–H and O–H groups in total. The maximum absolute atomic E-state index is 5.39. The number of benzene rings is 1. The molecule has 2 rings (SSSR count). The van der Waals surface area contributed by atoms with Crippen molar-refractivity contribution in [2.75, 3.05) is 0 Å². The molecule has 13 heavy (non-hydrogen) atoms. The second-order valence-electron chi connectivity index (χ2n) is 3.39. The zero-order valence-corrected chi connectivity index (χ0v) is 7.65. The number of ether oxygens (including phenoxy) is 1. The van der Waals surface area contributed by atoms with Gasteiger partial charge in [-0.05, 0) is 24.5 Å². The van der Waals surface area contributed by atoms with Gasteiger partial charge >= 0.3 is 0 Å². The van der Waals surface area contributed by atoms with E-state index in [1.54, 1.807) is 0 Å². The Kier molecular flexibility index (Phi) is 2.65. The van der Waals surface area contributed by atoms with E-state index in [1.807, 2.05) is 6.26 Å². The normalized spacial score (nSPS) is 20.2. The Bertz CT molecular complexity index is 268. The van der Waals surface area contributed by atoms with Crippen molar-refractivity contribution in [3.63, 3.8) is 0 Å². The second kappa shape index (κ2) is 4.13. The van der Waals surface area contributed by atoms with Crippen LogP contribution in [0.5, 0.6) is 0 Å². The fraction of sp³-hybridized carbons (Fsp3) is 0.333. The highest BCUT2D eigenvalue weighted by Gasteiger charge is 2.10. The van der Waals surface area contributed by atoms with E-state index in [1.165, 1.54) is 5.56 Å². The van der Waals surface area contributed by atoms with Crippen molar-refractivity contribution < 1.29 is 4.74 Å². The number of aryl methyl sites for hydroxylation is 1. The van der Waals surface area contributed by atoms with Gasteiger partial charge in [-0.1, -0.05) is 30.3 Å². The fourth-order valence-electron chi connectivity index (χ4n) is 1.59. The maximum Gasteiger partial charge on any atom is 0.102 e. The van der Waals surface area contributed by atoms with Gasteiger partial charge in [0.2, 0.25) is 0 Å². The maximum atomic E-state index is 5.39. The number of rotatable bonds is 3. The lowest BCUT2D eigenvalue weighted by molar-refractivity contribution is 0.161. The summed E-state index contributed by atoms with van der Waals surface area (Å²) in [6, 6.07) is 10.6. The first kappa shape index (κ1) is 8.36. The minimum absolute atomic E-state index is 0.417. The lowest BCUT2D eigenvalue weighted by Crippen LogP contribution is -2.05. The standard InChI is InChI=1S/C12H14O/c1-2-5-11(6-3-1)8-9-12-7-4-10-13-12/h1-6,10,12H,7-9H2/t12-/m0/s1. The molecule has 1 aliphatic heterocycles. The van der Waals surface area contributed by atoms with Gasteiger partial charge < -0.3 is 4.74 Å². The van der Waals surface area contributed by atoms with E-state index >= 15 is 0 Å². The molecular formula is C12H14O. The molecule has 68 valence electrons. The van der Waals surface area contributed by atoms with Crippen LogP contribution in [0.3, 0.4) is 0 Å². The first-order chi connectivity index (χ1) is 6.45. The van der Waals surface area contributed by atoms with Crippen molar-refractivity contribution in [3.05, 3.63) is 48.2 Å². The largest absolute Gasteiger partial charge is 0.498 e. The topological polar surface area (TPSA) is 9.23 Å². The summed E-state index contributed by atoms with van der Waals surface area (Å²) in [5, 5.41) is 0. The monoisotopic (exact) mass is 174 g/mol. The molecule has 1 aromatic carbocycles. The van der Waals surface area contributed by atoms with Gasteiger partial charge in [-0.15, -0.1) is 0 Å². The molecule has 0 saturated heterocycles. The van der Waals surface area contributed by atoms with Crippen LogP contribution in [0.4, 0.5) is 0 Å². The fourth-order valence-corrected chi connectivity index (χ4v) is 1.59. The first-order valence-electron chi connectivity index (χ1n) is 4.79. The molecule has 0 aromatic heterocycles. The summed E-state index contributed by atoms with van der Waals surface area (Å²) in [5.41, 5.74) is 1.40. The number of hydrogen-bond donors (Lipinski definition) is 0. The van der Waals surface area contributed by atoms with Crippen LogP contribution < -0.4 is 0 Å². The van der Waals surface area contributed by atoms with Gasteiger partial charge in [0.15, 0.2) is 0 Å². The van der Waals surface area contributed by atoms with Crippen LogP contribution in [-0.2, 0) is 11.2 Å². The molecule has 0 amide bonds. The van der Waals surface area contributed by atoms with E-state index < -0.39 is 0 Å². The van der Waals surface area contributed by atoms with Crippen LogP contribution in [-0.4, -0.2) is 6.10 Å². The molecule has 0 aliphatic carbocycles. The Morgan fingerprint density at radius 3 is 2.77 bits per heavy atom. The SMILES string of the molecule is C1=CO[C@H](CCc2ccccc2)C1. The van der Waals surface area contributed by atoms with Crippen molar-refractivity contribution in [2.45, 2.75) is 25.4 Å². The molecule has 1 heteroatoms. The van der Waals surface area contributed by atoms with E-state index in [0.29, 0.717) is 6.10 Å². The molecule has 1 aliphatic rings. The van der Waals surface area contributed by atoms with Crippen LogP contribution in [0.2, 0.25) is 0 Å². The Labute approximate surface area is 79.0 Å². The van der Waals surface area contributed by atoms with Gasteiger partial charge in [0.05, 0.1) is 6.26 Å². The molecule has 1 nitrogen and oxygen atoms in total. The minimum atomic E-state index is 0.417. The summed E-state index contributed by atoms with van der Waals surface area (Å²) in [6.45, 7) is 0. The predicted molar refractivity (Wildman–Crippen MR) is 53.4 cm³/mol. The average Bonchev–Trinajstić information content (AvgIpc) is 2.69. The minimum Gasteiger partial charge on any atom is -0.498 e. The predicted octanol–water partition coefficient (Wildman–Crippen LogP) is 2.92. The summed E-state index contributed by atoms with van der Waals surface area (Å²) in [4.78, 5) is 0. The van der Waals surface area contributed by atoms with E-state index in [-0.39, 0.29) is 0 Å². The molecule has 0 bridgehead atoms. The smallest absolute Gasteiger partial charge is 0.102 e. The molecule has 0 unspecified atom stereocenters. The van der Waals surface area contributed by atoms with Crippen molar-refractivity contribution in [3.8, 4) is 0 Å². The van der Waals surface area contributed by atoms with Gasteiger partial charge in [0.25, 0.3) is 0 Å². The summed E-state index contributed by atoms with van der Waals surface area (Å²) < 4.78 is 5.39. The van der Waals surface area contributed by atoms with E-state index in [2.05, 4.69) is 36.4 Å². The van der Waals surface area contributed by atoms with Gasteiger partial charge in [0, 0.05) is 6.42 Å². The molecule has 0 radical (unpaired) electrons. The molecule has 0 saturated carbocycles. The lowest BCUT2D eigenvalue weighted by atomic mass is 10.1. The Morgan fingerprint density at radius 2 is 2.08 bits per heavy atom. The highest BCUT2D eigenvalue weighted by molar-refractivity contribution is 5.14. The molecule has 0 spiro atoms. The summed E-state index contributed by atoms with van der Waals surface area (Å²) in [7, 11) is 0. The van der Waals surface area contributed by atoms with Gasteiger partial charge in [-0.3, -0.25) is 0 Å². The third-order valence-corrected chi connectivity index (χ3v) is 2.36. The summed E-state index contributed by atoms with van der Waals surface area (Å²) >= 11 is 0. The van der Waals surface area contributed by atoms with Crippen molar-refractivity contribution >= 4 is 0 Å². The molecule has 1 heterocycles. The van der Waals surface area contributed by atoms with E-state index in [9.17, 15) is 0 Å². The second-order valence-corrected chi connectivity index (χ2v) is 3.39. The van der Waals surface area contributed by atoms with Gasteiger partial charge in [-0.2, -0.15) is 0 Å². The third-order valence-electron chi connectivity index (χ3n) is 2.36. The van der Waals surface area contributed by atoms with Crippen LogP contribution in [0.1, 0.15) is 18.4 Å². The van der Waals surface area contributed by atoms with Crippen LogP contribution in [0, 0.1) is 0 Å². The highest BCUT2D eigenvalue weighted by atomic mass is 16.5. The molecular weight excluding hydrogens is 160 g/mol. The molecule has 1 aromatic rings. The Balaban J connectivity index is 1.80. The first-order valence-corrected chi connectivity index (χ1v) is 4.79. The Hall–Kier alpha value is -1.24. The summed E-state index contributed by atoms with van der Waals surface area (Å²) in [6.07, 6.45) is 7.64. The van der Waals surface area contributed by atoms with Crippen molar-refractivity contribution in [1.82, 2.24) is 0 Å². The zero-order valence-electron chi connectivity index (χ0n) is 7.65. The third kappa shape index (κ3) is 2.35. The quantitative estimate of drug-likeness (QED) is 0.684. The van der Waals surface area contributed by atoms with Crippen LogP contribution in [0.25, 0.3) is 0 Å². The number of hydrogen-bond acceptors (Lipinski definition) is 1. The van der Waals surface area contributed by atoms with Gasteiger partial charge in [0.1, 0.15) is 6.10 Å². The lowest BCUT2D eigenvalue weighted by Gasteiger charge is -2.09. The highest BCUT2D eigenvalue weighted by Crippen LogP contribution is 2.15. The average molecular weight is 174 g/mol. The van der Waals surface area contributed by atoms with Crippen LogP contribution >= 0.6 is 0 Å². The van der Waals surface area contributed by atoms with Crippen molar-refractivity contribution in [1.29, 1.82) is 0 Å². The van der Waals surface area contributed by atoms with E-state index in [0.717, 1.165) is 19.3 Å². The Morgan fingerprint density at radius 1 is 1.23 bits per heavy atom. The van der Waals surface area contributed by atoms with Crippen LogP contribution in [0.15, 0.2) is 42.7 Å². The molecule has 0 fully saturated rings.